The third kappa shape index (κ3) is 4.33. The van der Waals surface area contributed by atoms with Crippen LogP contribution in [-0.4, -0.2) is 21.3 Å². The van der Waals surface area contributed by atoms with E-state index in [0.29, 0.717) is 23.7 Å². The van der Waals surface area contributed by atoms with Gasteiger partial charge in [0.2, 0.25) is 0 Å². The fourth-order valence-electron chi connectivity index (χ4n) is 1.88. The van der Waals surface area contributed by atoms with Crippen molar-refractivity contribution in [3.8, 4) is 17.2 Å². The summed E-state index contributed by atoms with van der Waals surface area (Å²) < 4.78 is 15.9. The summed E-state index contributed by atoms with van der Waals surface area (Å²) in [5.74, 6) is 2.01. The summed E-state index contributed by atoms with van der Waals surface area (Å²) >= 11 is 0. The summed E-state index contributed by atoms with van der Waals surface area (Å²) in [5.41, 5.74) is 8.03. The van der Waals surface area contributed by atoms with Gasteiger partial charge in [-0.15, -0.1) is 19.0 Å². The highest BCUT2D eigenvalue weighted by atomic mass is 35.5. The summed E-state index contributed by atoms with van der Waals surface area (Å²) in [6, 6.07) is 3.39. The number of nitrogens with two attached hydrogens (primary N) is 1. The van der Waals surface area contributed by atoms with Crippen LogP contribution in [0.2, 0.25) is 0 Å². The van der Waals surface area contributed by atoms with Crippen molar-refractivity contribution in [2.45, 2.75) is 19.4 Å². The molecule has 0 aromatic heterocycles. The van der Waals surface area contributed by atoms with Gasteiger partial charge < -0.3 is 19.9 Å². The molecule has 0 aliphatic heterocycles. The van der Waals surface area contributed by atoms with Gasteiger partial charge in [-0.1, -0.05) is 5.57 Å². The Bertz CT molecular complexity index is 410. The summed E-state index contributed by atoms with van der Waals surface area (Å²) in [4.78, 5) is 0. The first-order valence-electron chi connectivity index (χ1n) is 5.73. The molecule has 0 bridgehead atoms. The lowest BCUT2D eigenvalue weighted by Gasteiger charge is -2.20. The third-order valence-electron chi connectivity index (χ3n) is 2.69. The van der Waals surface area contributed by atoms with E-state index >= 15 is 0 Å². The highest BCUT2D eigenvalue weighted by Gasteiger charge is 2.19. The third-order valence-corrected chi connectivity index (χ3v) is 2.69. The summed E-state index contributed by atoms with van der Waals surface area (Å²) in [5, 5.41) is 0. The fraction of sp³-hybridized carbons (Fsp3) is 0.429. The van der Waals surface area contributed by atoms with Crippen LogP contribution in [0, 0.1) is 0 Å². The van der Waals surface area contributed by atoms with E-state index in [2.05, 4.69) is 6.58 Å². The maximum Gasteiger partial charge on any atom is 0.131 e. The van der Waals surface area contributed by atoms with Gasteiger partial charge in [0.05, 0.1) is 26.9 Å². The van der Waals surface area contributed by atoms with Crippen molar-refractivity contribution in [1.29, 1.82) is 0 Å². The van der Waals surface area contributed by atoms with Gasteiger partial charge in [-0.05, 0) is 13.3 Å². The van der Waals surface area contributed by atoms with E-state index in [1.807, 2.05) is 6.92 Å². The average Bonchev–Trinajstić information content (AvgIpc) is 2.35. The van der Waals surface area contributed by atoms with Gasteiger partial charge in [0.25, 0.3) is 0 Å². The molecule has 1 aromatic rings. The van der Waals surface area contributed by atoms with Gasteiger partial charge >= 0.3 is 0 Å². The minimum Gasteiger partial charge on any atom is -0.496 e. The molecule has 1 rings (SSSR count). The van der Waals surface area contributed by atoms with Gasteiger partial charge in [0.1, 0.15) is 17.2 Å². The van der Waals surface area contributed by atoms with Crippen LogP contribution in [0.25, 0.3) is 0 Å². The molecular weight excluding hydrogens is 266 g/mol. The molecule has 0 saturated heterocycles. The van der Waals surface area contributed by atoms with E-state index < -0.39 is 0 Å². The van der Waals surface area contributed by atoms with E-state index in [1.54, 1.807) is 33.5 Å². The Balaban J connectivity index is 0.00000324. The van der Waals surface area contributed by atoms with E-state index in [-0.39, 0.29) is 18.4 Å². The minimum absolute atomic E-state index is 0. The standard InChI is InChI=1S/C14H21NO3.ClH/c1-9(2)6-11(15)14-12(17-4)7-10(16-3)8-13(14)18-5;/h7-8,11H,1,6,15H2,2-5H3;1H/t11-;/m1./s1. The average molecular weight is 288 g/mol. The summed E-state index contributed by atoms with van der Waals surface area (Å²) in [6.07, 6.45) is 0.680. The van der Waals surface area contributed by atoms with Crippen LogP contribution in [0.4, 0.5) is 0 Å². The molecule has 2 N–H and O–H groups in total. The summed E-state index contributed by atoms with van der Waals surface area (Å²) in [7, 11) is 4.80. The molecule has 0 heterocycles. The largest absolute Gasteiger partial charge is 0.496 e. The van der Waals surface area contributed by atoms with E-state index in [9.17, 15) is 0 Å². The van der Waals surface area contributed by atoms with Crippen LogP contribution in [0.15, 0.2) is 24.3 Å². The van der Waals surface area contributed by atoms with Crippen molar-refractivity contribution in [2.75, 3.05) is 21.3 Å². The van der Waals surface area contributed by atoms with Crippen molar-refractivity contribution in [2.24, 2.45) is 5.73 Å². The molecule has 0 spiro atoms. The maximum atomic E-state index is 6.18. The van der Waals surface area contributed by atoms with Crippen molar-refractivity contribution >= 4 is 12.4 Å². The lowest BCUT2D eigenvalue weighted by atomic mass is 9.99. The molecule has 0 fully saturated rings. The number of halogens is 1. The molecule has 108 valence electrons. The topological polar surface area (TPSA) is 53.7 Å². The second kappa shape index (κ2) is 7.92. The second-order valence-corrected chi connectivity index (χ2v) is 4.21. The van der Waals surface area contributed by atoms with E-state index in [0.717, 1.165) is 11.1 Å². The highest BCUT2D eigenvalue weighted by molar-refractivity contribution is 5.85. The number of ether oxygens (including phenoxy) is 3. The predicted octanol–water partition coefficient (Wildman–Crippen LogP) is 3.10. The zero-order valence-corrected chi connectivity index (χ0v) is 12.7. The highest BCUT2D eigenvalue weighted by Crippen LogP contribution is 2.39. The number of benzene rings is 1. The minimum atomic E-state index is -0.210. The number of hydrogen-bond donors (Lipinski definition) is 1. The fourth-order valence-corrected chi connectivity index (χ4v) is 1.88. The molecule has 0 aliphatic carbocycles. The van der Waals surface area contributed by atoms with Crippen molar-refractivity contribution in [3.05, 3.63) is 29.8 Å². The second-order valence-electron chi connectivity index (χ2n) is 4.21. The number of rotatable bonds is 6. The molecule has 0 aliphatic rings. The Kier molecular flexibility index (Phi) is 7.34. The number of hydrogen-bond acceptors (Lipinski definition) is 4. The smallest absolute Gasteiger partial charge is 0.131 e. The molecule has 4 nitrogen and oxygen atoms in total. The Morgan fingerprint density at radius 2 is 1.63 bits per heavy atom. The quantitative estimate of drug-likeness (QED) is 0.817. The Labute approximate surface area is 120 Å². The lowest BCUT2D eigenvalue weighted by Crippen LogP contribution is -2.13. The maximum absolute atomic E-state index is 6.18. The van der Waals surface area contributed by atoms with E-state index in [1.165, 1.54) is 0 Å². The van der Waals surface area contributed by atoms with Crippen molar-refractivity contribution < 1.29 is 14.2 Å². The monoisotopic (exact) mass is 287 g/mol. The van der Waals surface area contributed by atoms with Gasteiger partial charge in [0.15, 0.2) is 0 Å². The van der Waals surface area contributed by atoms with Gasteiger partial charge in [-0.3, -0.25) is 0 Å². The van der Waals surface area contributed by atoms with Gasteiger partial charge in [0, 0.05) is 18.2 Å². The molecule has 1 atom stereocenters. The molecule has 0 saturated carbocycles. The van der Waals surface area contributed by atoms with Crippen LogP contribution < -0.4 is 19.9 Å². The first-order valence-corrected chi connectivity index (χ1v) is 5.73. The predicted molar refractivity (Wildman–Crippen MR) is 79.7 cm³/mol. The SMILES string of the molecule is C=C(C)C[C@@H](N)c1c(OC)cc(OC)cc1OC.Cl. The van der Waals surface area contributed by atoms with Crippen LogP contribution in [-0.2, 0) is 0 Å². The molecule has 0 unspecified atom stereocenters. The first kappa shape index (κ1) is 17.6. The lowest BCUT2D eigenvalue weighted by molar-refractivity contribution is 0.364. The van der Waals surface area contributed by atoms with Crippen LogP contribution in [0.1, 0.15) is 24.9 Å². The molecular formula is C14H22ClNO3. The van der Waals surface area contributed by atoms with Crippen LogP contribution in [0.3, 0.4) is 0 Å². The molecule has 1 aromatic carbocycles. The Morgan fingerprint density at radius 3 is 1.95 bits per heavy atom. The summed E-state index contributed by atoms with van der Waals surface area (Å²) in [6.45, 7) is 5.83. The normalized spacial score (nSPS) is 11.2. The Morgan fingerprint density at radius 1 is 1.16 bits per heavy atom. The van der Waals surface area contributed by atoms with Crippen molar-refractivity contribution in [1.82, 2.24) is 0 Å². The molecule has 5 heteroatoms. The zero-order chi connectivity index (χ0) is 13.7. The Hall–Kier alpha value is -1.39. The van der Waals surface area contributed by atoms with Gasteiger partial charge in [-0.2, -0.15) is 0 Å². The molecule has 0 radical (unpaired) electrons. The molecule has 19 heavy (non-hydrogen) atoms. The van der Waals surface area contributed by atoms with Crippen LogP contribution in [0.5, 0.6) is 17.2 Å². The molecule has 0 amide bonds. The first-order chi connectivity index (χ1) is 8.53. The number of methoxy groups -OCH3 is 3. The van der Waals surface area contributed by atoms with E-state index in [4.69, 9.17) is 19.9 Å². The zero-order valence-electron chi connectivity index (χ0n) is 11.9. The van der Waals surface area contributed by atoms with Crippen molar-refractivity contribution in [3.63, 3.8) is 0 Å². The van der Waals surface area contributed by atoms with Crippen LogP contribution >= 0.6 is 12.4 Å². The van der Waals surface area contributed by atoms with Gasteiger partial charge in [-0.25, -0.2) is 0 Å².